The molecule has 3 rings (SSSR count). The Morgan fingerprint density at radius 1 is 1.10 bits per heavy atom. The molecule has 6 nitrogen and oxygen atoms in total. The Morgan fingerprint density at radius 2 is 1.95 bits per heavy atom. The molecule has 0 aliphatic carbocycles. The molecule has 2 aromatic heterocycles. The predicted molar refractivity (Wildman–Crippen MR) is 79.6 cm³/mol. The number of hydrazine groups is 1. The zero-order valence-electron chi connectivity index (χ0n) is 11.0. The van der Waals surface area contributed by atoms with E-state index in [1.54, 1.807) is 12.3 Å². The molecule has 100 valence electrons. The van der Waals surface area contributed by atoms with Gasteiger partial charge in [-0.3, -0.25) is 4.98 Å². The average Bonchev–Trinajstić information content (AvgIpc) is 2.47. The summed E-state index contributed by atoms with van der Waals surface area (Å²) < 4.78 is 0. The molecule has 0 spiro atoms. The Bertz CT molecular complexity index is 750. The van der Waals surface area contributed by atoms with Gasteiger partial charge in [-0.2, -0.15) is 0 Å². The van der Waals surface area contributed by atoms with Crippen LogP contribution in [-0.2, 0) is 0 Å². The molecule has 0 aliphatic heterocycles. The number of pyridine rings is 1. The highest BCUT2D eigenvalue weighted by molar-refractivity contribution is 5.94. The maximum Gasteiger partial charge on any atom is 0.145 e. The SMILES string of the molecule is Cc1nc(NN)cc(Nc2cccc3ccncc23)n1. The van der Waals surface area contributed by atoms with Gasteiger partial charge < -0.3 is 10.7 Å². The number of aryl methyl sites for hydroxylation is 1. The lowest BCUT2D eigenvalue weighted by Crippen LogP contribution is -2.10. The van der Waals surface area contributed by atoms with Gasteiger partial charge in [0, 0.05) is 29.5 Å². The number of aromatic nitrogens is 3. The first-order chi connectivity index (χ1) is 9.76. The van der Waals surface area contributed by atoms with Gasteiger partial charge >= 0.3 is 0 Å². The number of hydrogen-bond donors (Lipinski definition) is 3. The smallest absolute Gasteiger partial charge is 0.145 e. The molecule has 20 heavy (non-hydrogen) atoms. The van der Waals surface area contributed by atoms with E-state index in [1.165, 1.54) is 0 Å². The number of anilines is 3. The number of hydrogen-bond acceptors (Lipinski definition) is 6. The first-order valence-electron chi connectivity index (χ1n) is 6.18. The molecule has 0 saturated carbocycles. The zero-order valence-corrected chi connectivity index (χ0v) is 11.0. The molecule has 0 amide bonds. The van der Waals surface area contributed by atoms with Gasteiger partial charge in [0.2, 0.25) is 0 Å². The fourth-order valence-electron chi connectivity index (χ4n) is 2.07. The molecule has 0 unspecified atom stereocenters. The van der Waals surface area contributed by atoms with E-state index in [4.69, 9.17) is 5.84 Å². The number of nitrogens with two attached hydrogens (primary N) is 1. The molecule has 1 aromatic carbocycles. The van der Waals surface area contributed by atoms with Crippen molar-refractivity contribution in [3.05, 3.63) is 48.5 Å². The molecule has 0 fully saturated rings. The van der Waals surface area contributed by atoms with E-state index in [0.29, 0.717) is 17.5 Å². The van der Waals surface area contributed by atoms with Crippen molar-refractivity contribution in [2.45, 2.75) is 6.92 Å². The van der Waals surface area contributed by atoms with Crippen LogP contribution in [0.1, 0.15) is 5.82 Å². The van der Waals surface area contributed by atoms with Gasteiger partial charge in [0.15, 0.2) is 0 Å². The molecule has 6 heteroatoms. The Morgan fingerprint density at radius 3 is 2.80 bits per heavy atom. The standard InChI is InChI=1S/C14H14N6/c1-9-17-13(7-14(18-9)20-15)19-12-4-2-3-10-5-6-16-8-11(10)12/h2-8H,15H2,1H3,(H2,17,18,19,20). The topological polar surface area (TPSA) is 88.8 Å². The second-order valence-corrected chi connectivity index (χ2v) is 4.36. The molecule has 0 saturated heterocycles. The Balaban J connectivity index is 2.03. The third kappa shape index (κ3) is 2.36. The van der Waals surface area contributed by atoms with Gasteiger partial charge in [0.1, 0.15) is 17.5 Å². The summed E-state index contributed by atoms with van der Waals surface area (Å²) in [7, 11) is 0. The van der Waals surface area contributed by atoms with E-state index in [-0.39, 0.29) is 0 Å². The van der Waals surface area contributed by atoms with Crippen LogP contribution in [0.4, 0.5) is 17.3 Å². The quantitative estimate of drug-likeness (QED) is 0.498. The predicted octanol–water partition coefficient (Wildman–Crippen LogP) is 2.36. The van der Waals surface area contributed by atoms with Crippen molar-refractivity contribution < 1.29 is 0 Å². The number of nitrogens with zero attached hydrogens (tertiary/aromatic N) is 3. The fraction of sp³-hybridized carbons (Fsp3) is 0.0714. The minimum atomic E-state index is 0.568. The summed E-state index contributed by atoms with van der Waals surface area (Å²) in [6, 6.07) is 9.74. The van der Waals surface area contributed by atoms with Crippen LogP contribution in [0.25, 0.3) is 10.8 Å². The average molecular weight is 266 g/mol. The van der Waals surface area contributed by atoms with Crippen molar-refractivity contribution in [3.8, 4) is 0 Å². The Labute approximate surface area is 116 Å². The third-order valence-corrected chi connectivity index (χ3v) is 2.93. The van der Waals surface area contributed by atoms with Gasteiger partial charge in [0.05, 0.1) is 0 Å². The summed E-state index contributed by atoms with van der Waals surface area (Å²) in [5.41, 5.74) is 3.47. The molecule has 3 aromatic rings. The van der Waals surface area contributed by atoms with E-state index in [1.807, 2.05) is 37.4 Å². The van der Waals surface area contributed by atoms with Crippen LogP contribution in [0.15, 0.2) is 42.7 Å². The van der Waals surface area contributed by atoms with E-state index in [0.717, 1.165) is 16.5 Å². The first kappa shape index (κ1) is 12.3. The summed E-state index contributed by atoms with van der Waals surface area (Å²) in [6.45, 7) is 1.82. The number of benzene rings is 1. The summed E-state index contributed by atoms with van der Waals surface area (Å²) in [4.78, 5) is 12.7. The van der Waals surface area contributed by atoms with Crippen molar-refractivity contribution in [3.63, 3.8) is 0 Å². The maximum absolute atomic E-state index is 5.39. The van der Waals surface area contributed by atoms with Gasteiger partial charge in [-0.1, -0.05) is 12.1 Å². The molecule has 0 atom stereocenters. The Hall–Kier alpha value is -2.73. The van der Waals surface area contributed by atoms with Crippen LogP contribution < -0.4 is 16.6 Å². The van der Waals surface area contributed by atoms with E-state index in [9.17, 15) is 0 Å². The number of nitrogen functional groups attached to an aromatic ring is 1. The first-order valence-corrected chi connectivity index (χ1v) is 6.18. The number of rotatable bonds is 3. The molecular weight excluding hydrogens is 252 g/mol. The Kier molecular flexibility index (Phi) is 3.14. The molecule has 4 N–H and O–H groups in total. The summed E-state index contributed by atoms with van der Waals surface area (Å²) in [6.07, 6.45) is 3.60. The zero-order chi connectivity index (χ0) is 13.9. The van der Waals surface area contributed by atoms with Crippen LogP contribution >= 0.6 is 0 Å². The van der Waals surface area contributed by atoms with Gasteiger partial charge in [-0.05, 0) is 24.4 Å². The van der Waals surface area contributed by atoms with E-state index >= 15 is 0 Å². The van der Waals surface area contributed by atoms with Crippen LogP contribution in [0, 0.1) is 6.92 Å². The van der Waals surface area contributed by atoms with Crippen LogP contribution in [0.5, 0.6) is 0 Å². The lowest BCUT2D eigenvalue weighted by atomic mass is 10.1. The summed E-state index contributed by atoms with van der Waals surface area (Å²) in [5, 5.41) is 5.43. The van der Waals surface area contributed by atoms with Crippen molar-refractivity contribution in [1.82, 2.24) is 15.0 Å². The fourth-order valence-corrected chi connectivity index (χ4v) is 2.07. The molecule has 2 heterocycles. The third-order valence-electron chi connectivity index (χ3n) is 2.93. The van der Waals surface area contributed by atoms with Gasteiger partial charge in [-0.15, -0.1) is 0 Å². The number of nitrogens with one attached hydrogen (secondary N) is 2. The van der Waals surface area contributed by atoms with Crippen molar-refractivity contribution >= 4 is 28.1 Å². The summed E-state index contributed by atoms with van der Waals surface area (Å²) >= 11 is 0. The minimum Gasteiger partial charge on any atom is -0.340 e. The largest absolute Gasteiger partial charge is 0.340 e. The molecular formula is C14H14N6. The minimum absolute atomic E-state index is 0.568. The van der Waals surface area contributed by atoms with E-state index in [2.05, 4.69) is 25.7 Å². The van der Waals surface area contributed by atoms with Crippen LogP contribution in [0.2, 0.25) is 0 Å². The van der Waals surface area contributed by atoms with Crippen molar-refractivity contribution in [2.75, 3.05) is 10.7 Å². The van der Waals surface area contributed by atoms with Gasteiger partial charge in [-0.25, -0.2) is 15.8 Å². The molecule has 0 radical (unpaired) electrons. The molecule has 0 bridgehead atoms. The van der Waals surface area contributed by atoms with Crippen LogP contribution in [0.3, 0.4) is 0 Å². The highest BCUT2D eigenvalue weighted by Gasteiger charge is 2.04. The summed E-state index contributed by atoms with van der Waals surface area (Å²) in [5.74, 6) is 7.28. The highest BCUT2D eigenvalue weighted by atomic mass is 15.3. The van der Waals surface area contributed by atoms with Crippen LogP contribution in [-0.4, -0.2) is 15.0 Å². The van der Waals surface area contributed by atoms with E-state index < -0.39 is 0 Å². The normalized spacial score (nSPS) is 10.5. The lowest BCUT2D eigenvalue weighted by molar-refractivity contribution is 1.05. The second kappa shape index (κ2) is 5.10. The van der Waals surface area contributed by atoms with Crippen molar-refractivity contribution in [1.29, 1.82) is 0 Å². The monoisotopic (exact) mass is 266 g/mol. The van der Waals surface area contributed by atoms with Crippen molar-refractivity contribution in [2.24, 2.45) is 5.84 Å². The highest BCUT2D eigenvalue weighted by Crippen LogP contribution is 2.25. The second-order valence-electron chi connectivity index (χ2n) is 4.36. The van der Waals surface area contributed by atoms with Gasteiger partial charge in [0.25, 0.3) is 0 Å². The maximum atomic E-state index is 5.39. The lowest BCUT2D eigenvalue weighted by Gasteiger charge is -2.10. The molecule has 0 aliphatic rings. The number of fused-ring (bicyclic) bond motifs is 1.